The van der Waals surface area contributed by atoms with E-state index in [1.807, 2.05) is 0 Å². The minimum absolute atomic E-state index is 0.343. The van der Waals surface area contributed by atoms with E-state index in [1.54, 1.807) is 10.4 Å². The van der Waals surface area contributed by atoms with Gasteiger partial charge in [-0.3, -0.25) is 0 Å². The SMILES string of the molecule is CC1CCN(S(=O)(=O)c2cc(CCl)sc2Br)CC1. The molecule has 1 aromatic rings. The first-order chi connectivity index (χ1) is 8.45. The number of halogens is 2. The highest BCUT2D eigenvalue weighted by Crippen LogP contribution is 2.35. The zero-order valence-corrected chi connectivity index (χ0v) is 14.0. The highest BCUT2D eigenvalue weighted by atomic mass is 79.9. The molecular formula is C11H15BrClNO2S2. The Morgan fingerprint density at radius 3 is 2.61 bits per heavy atom. The summed E-state index contributed by atoms with van der Waals surface area (Å²) in [5, 5.41) is 0. The Hall–Kier alpha value is 0.380. The first-order valence-corrected chi connectivity index (χ1v) is 9.38. The molecule has 0 saturated carbocycles. The Kier molecular flexibility index (Phi) is 4.75. The predicted molar refractivity (Wildman–Crippen MR) is 78.7 cm³/mol. The van der Waals surface area contributed by atoms with Crippen molar-refractivity contribution in [3.63, 3.8) is 0 Å². The van der Waals surface area contributed by atoms with Crippen LogP contribution >= 0.6 is 38.9 Å². The maximum absolute atomic E-state index is 12.5. The summed E-state index contributed by atoms with van der Waals surface area (Å²) in [7, 11) is -3.37. The van der Waals surface area contributed by atoms with Crippen molar-refractivity contribution in [1.82, 2.24) is 4.31 Å². The summed E-state index contributed by atoms with van der Waals surface area (Å²) in [6.45, 7) is 3.39. The lowest BCUT2D eigenvalue weighted by atomic mass is 10.0. The second-order valence-electron chi connectivity index (χ2n) is 4.57. The van der Waals surface area contributed by atoms with E-state index >= 15 is 0 Å². The van der Waals surface area contributed by atoms with Gasteiger partial charge in [0.25, 0.3) is 0 Å². The third-order valence-electron chi connectivity index (χ3n) is 3.20. The molecule has 0 atom stereocenters. The lowest BCUT2D eigenvalue weighted by Gasteiger charge is -2.29. The van der Waals surface area contributed by atoms with Gasteiger partial charge in [-0.2, -0.15) is 4.31 Å². The molecule has 0 N–H and O–H groups in total. The monoisotopic (exact) mass is 371 g/mol. The van der Waals surface area contributed by atoms with Crippen molar-refractivity contribution in [2.45, 2.75) is 30.5 Å². The van der Waals surface area contributed by atoms with Crippen molar-refractivity contribution in [2.75, 3.05) is 13.1 Å². The zero-order chi connectivity index (χ0) is 13.3. The smallest absolute Gasteiger partial charge is 0.207 e. The molecule has 1 aliphatic rings. The number of piperidine rings is 1. The van der Waals surface area contributed by atoms with Crippen LogP contribution in [-0.4, -0.2) is 25.8 Å². The van der Waals surface area contributed by atoms with Crippen LogP contribution in [0.4, 0.5) is 0 Å². The summed E-state index contributed by atoms with van der Waals surface area (Å²) < 4.78 is 27.2. The number of thiophene rings is 1. The standard InChI is InChI=1S/C11H15BrClNO2S2/c1-8-2-4-14(5-3-8)18(15,16)10-6-9(7-13)17-11(10)12/h6,8H,2-5,7H2,1H3. The molecule has 0 unspecified atom stereocenters. The van der Waals surface area contributed by atoms with Crippen molar-refractivity contribution in [1.29, 1.82) is 0 Å². The fourth-order valence-corrected chi connectivity index (χ4v) is 6.20. The van der Waals surface area contributed by atoms with Crippen LogP contribution in [0.1, 0.15) is 24.6 Å². The van der Waals surface area contributed by atoms with Crippen molar-refractivity contribution in [3.05, 3.63) is 14.7 Å². The second-order valence-corrected chi connectivity index (χ2v) is 9.20. The van der Waals surface area contributed by atoms with E-state index in [0.29, 0.717) is 33.6 Å². The Bertz CT molecular complexity index is 521. The van der Waals surface area contributed by atoms with Crippen LogP contribution in [0.25, 0.3) is 0 Å². The molecule has 2 rings (SSSR count). The van der Waals surface area contributed by atoms with Crippen LogP contribution in [0.15, 0.2) is 14.7 Å². The van der Waals surface area contributed by atoms with E-state index in [0.717, 1.165) is 17.7 Å². The molecule has 1 aromatic heterocycles. The number of rotatable bonds is 3. The van der Waals surface area contributed by atoms with Crippen molar-refractivity contribution >= 4 is 48.9 Å². The summed E-state index contributed by atoms with van der Waals surface area (Å²) in [6, 6.07) is 1.68. The normalized spacial score (nSPS) is 19.3. The van der Waals surface area contributed by atoms with E-state index < -0.39 is 10.0 Å². The van der Waals surface area contributed by atoms with Gasteiger partial charge in [-0.25, -0.2) is 8.42 Å². The van der Waals surface area contributed by atoms with Gasteiger partial charge >= 0.3 is 0 Å². The largest absolute Gasteiger partial charge is 0.245 e. The molecule has 102 valence electrons. The van der Waals surface area contributed by atoms with Gasteiger partial charge in [0, 0.05) is 18.0 Å². The molecule has 0 bridgehead atoms. The molecule has 0 radical (unpaired) electrons. The number of hydrogen-bond acceptors (Lipinski definition) is 3. The van der Waals surface area contributed by atoms with E-state index in [1.165, 1.54) is 11.3 Å². The van der Waals surface area contributed by atoms with E-state index in [4.69, 9.17) is 11.6 Å². The third kappa shape index (κ3) is 2.93. The van der Waals surface area contributed by atoms with Gasteiger partial charge in [0.15, 0.2) is 0 Å². The van der Waals surface area contributed by atoms with Crippen LogP contribution in [0.5, 0.6) is 0 Å². The van der Waals surface area contributed by atoms with Crippen molar-refractivity contribution < 1.29 is 8.42 Å². The second kappa shape index (κ2) is 5.79. The molecule has 2 heterocycles. The van der Waals surface area contributed by atoms with Gasteiger partial charge in [0.1, 0.15) is 4.90 Å². The lowest BCUT2D eigenvalue weighted by Crippen LogP contribution is -2.37. The highest BCUT2D eigenvalue weighted by Gasteiger charge is 2.30. The van der Waals surface area contributed by atoms with E-state index in [9.17, 15) is 8.42 Å². The Labute approximate surface area is 125 Å². The quantitative estimate of drug-likeness (QED) is 0.759. The predicted octanol–water partition coefficient (Wildman–Crippen LogP) is 3.67. The van der Waals surface area contributed by atoms with Gasteiger partial charge in [0.2, 0.25) is 10.0 Å². The maximum atomic E-state index is 12.5. The molecule has 18 heavy (non-hydrogen) atoms. The number of sulfonamides is 1. The van der Waals surface area contributed by atoms with E-state index in [2.05, 4.69) is 22.9 Å². The average molecular weight is 373 g/mol. The Morgan fingerprint density at radius 2 is 2.11 bits per heavy atom. The van der Waals surface area contributed by atoms with Gasteiger partial charge in [0.05, 0.1) is 9.67 Å². The molecule has 1 saturated heterocycles. The third-order valence-corrected chi connectivity index (χ3v) is 7.80. The Balaban J connectivity index is 2.27. The minimum atomic E-state index is -3.37. The van der Waals surface area contributed by atoms with Crippen LogP contribution in [0.2, 0.25) is 0 Å². The molecule has 3 nitrogen and oxygen atoms in total. The summed E-state index contributed by atoms with van der Waals surface area (Å²) in [6.07, 6.45) is 1.87. The fraction of sp³-hybridized carbons (Fsp3) is 0.636. The molecule has 0 spiro atoms. The van der Waals surface area contributed by atoms with Crippen LogP contribution in [-0.2, 0) is 15.9 Å². The molecular weight excluding hydrogens is 358 g/mol. The molecule has 0 aliphatic carbocycles. The van der Waals surface area contributed by atoms with Gasteiger partial charge in [-0.1, -0.05) is 6.92 Å². The fourth-order valence-electron chi connectivity index (χ4n) is 2.00. The van der Waals surface area contributed by atoms with Gasteiger partial charge < -0.3 is 0 Å². The van der Waals surface area contributed by atoms with Crippen LogP contribution in [0.3, 0.4) is 0 Å². The molecule has 1 fully saturated rings. The van der Waals surface area contributed by atoms with Gasteiger partial charge in [-0.05, 0) is 40.8 Å². The number of hydrogen-bond donors (Lipinski definition) is 0. The van der Waals surface area contributed by atoms with Gasteiger partial charge in [-0.15, -0.1) is 22.9 Å². The van der Waals surface area contributed by atoms with E-state index in [-0.39, 0.29) is 0 Å². The minimum Gasteiger partial charge on any atom is -0.207 e. The van der Waals surface area contributed by atoms with Crippen molar-refractivity contribution in [2.24, 2.45) is 5.92 Å². The lowest BCUT2D eigenvalue weighted by molar-refractivity contribution is 0.288. The summed E-state index contributed by atoms with van der Waals surface area (Å²) in [5.41, 5.74) is 0. The molecule has 0 aromatic carbocycles. The summed E-state index contributed by atoms with van der Waals surface area (Å²) >= 11 is 10.5. The average Bonchev–Trinajstić information content (AvgIpc) is 2.72. The van der Waals surface area contributed by atoms with Crippen LogP contribution in [0, 0.1) is 5.92 Å². The molecule has 7 heteroatoms. The topological polar surface area (TPSA) is 37.4 Å². The van der Waals surface area contributed by atoms with Crippen molar-refractivity contribution in [3.8, 4) is 0 Å². The first kappa shape index (κ1) is 14.8. The Morgan fingerprint density at radius 1 is 1.50 bits per heavy atom. The zero-order valence-electron chi connectivity index (χ0n) is 10.0. The van der Waals surface area contributed by atoms with Crippen LogP contribution < -0.4 is 0 Å². The highest BCUT2D eigenvalue weighted by molar-refractivity contribution is 9.11. The maximum Gasteiger partial charge on any atom is 0.245 e. The first-order valence-electron chi connectivity index (χ1n) is 5.79. The molecule has 0 amide bonds. The number of alkyl halides is 1. The molecule has 1 aliphatic heterocycles. The summed E-state index contributed by atoms with van der Waals surface area (Å²) in [5.74, 6) is 0.955. The number of nitrogens with zero attached hydrogens (tertiary/aromatic N) is 1. The summed E-state index contributed by atoms with van der Waals surface area (Å²) in [4.78, 5) is 1.23.